The summed E-state index contributed by atoms with van der Waals surface area (Å²) in [5, 5.41) is 11.1. The van der Waals surface area contributed by atoms with Crippen LogP contribution in [0.1, 0.15) is 36.1 Å². The monoisotopic (exact) mass is 440 g/mol. The van der Waals surface area contributed by atoms with Gasteiger partial charge in [-0.2, -0.15) is 0 Å². The van der Waals surface area contributed by atoms with Gasteiger partial charge in [-0.1, -0.05) is 12.1 Å². The fraction of sp³-hybridized carbons (Fsp3) is 0.360. The molecule has 1 aliphatic rings. The molecule has 2 aromatic rings. The maximum atomic E-state index is 13.6. The molecule has 1 heterocycles. The normalized spacial score (nSPS) is 17.9. The number of aryl methyl sites for hydroxylation is 1. The Morgan fingerprint density at radius 1 is 1.16 bits per heavy atom. The lowest BCUT2D eigenvalue weighted by Crippen LogP contribution is -2.32. The fourth-order valence-electron chi connectivity index (χ4n) is 3.93. The number of benzene rings is 2. The van der Waals surface area contributed by atoms with Gasteiger partial charge in [0.2, 0.25) is 0 Å². The third-order valence-corrected chi connectivity index (χ3v) is 5.48. The van der Waals surface area contributed by atoms with Crippen molar-refractivity contribution in [2.75, 3.05) is 33.8 Å². The van der Waals surface area contributed by atoms with Gasteiger partial charge in [0.05, 0.1) is 18.2 Å². The molecule has 1 atom stereocenters. The molecule has 32 heavy (non-hydrogen) atoms. The second-order valence-corrected chi connectivity index (χ2v) is 8.11. The Morgan fingerprint density at radius 3 is 2.44 bits per heavy atom. The molecular weight excluding hydrogens is 411 g/mol. The van der Waals surface area contributed by atoms with Crippen molar-refractivity contribution in [2.45, 2.75) is 26.3 Å². The van der Waals surface area contributed by atoms with Gasteiger partial charge < -0.3 is 19.6 Å². The van der Waals surface area contributed by atoms with E-state index in [1.54, 1.807) is 30.3 Å². The third kappa shape index (κ3) is 4.83. The molecule has 1 N–H and O–H groups in total. The number of ketones is 1. The quantitative estimate of drug-likeness (QED) is 0.383. The van der Waals surface area contributed by atoms with Gasteiger partial charge in [-0.25, -0.2) is 4.39 Å². The van der Waals surface area contributed by atoms with Crippen LogP contribution in [0.25, 0.3) is 5.76 Å². The SMILES string of the molecule is CCOc1ccc(/C(O)=C2\C(=O)C(=O)N(CCCN(C)C)C2c2ccc(F)cc2)cc1C. The Balaban J connectivity index is 2.08. The van der Waals surface area contributed by atoms with E-state index in [1.807, 2.05) is 32.8 Å². The molecule has 1 amide bonds. The maximum absolute atomic E-state index is 13.6. The molecule has 0 spiro atoms. The first-order valence-corrected chi connectivity index (χ1v) is 10.7. The van der Waals surface area contributed by atoms with Crippen LogP contribution in [0.4, 0.5) is 4.39 Å². The van der Waals surface area contributed by atoms with Crippen molar-refractivity contribution in [3.63, 3.8) is 0 Å². The van der Waals surface area contributed by atoms with Crippen molar-refractivity contribution < 1.29 is 23.8 Å². The van der Waals surface area contributed by atoms with Crippen molar-refractivity contribution in [1.29, 1.82) is 0 Å². The van der Waals surface area contributed by atoms with Crippen LogP contribution in [0.3, 0.4) is 0 Å². The number of nitrogens with zero attached hydrogens (tertiary/aromatic N) is 2. The topological polar surface area (TPSA) is 70.1 Å². The summed E-state index contributed by atoms with van der Waals surface area (Å²) >= 11 is 0. The molecule has 0 aromatic heterocycles. The number of halogens is 1. The zero-order valence-corrected chi connectivity index (χ0v) is 18.9. The standard InChI is InChI=1S/C25H29FN2O4/c1-5-32-20-12-9-18(15-16(20)2)23(29)21-22(17-7-10-19(26)11-8-17)28(25(31)24(21)30)14-6-13-27(3)4/h7-12,15,22,29H,5-6,13-14H2,1-4H3/b23-21+. The molecule has 0 bridgehead atoms. The summed E-state index contributed by atoms with van der Waals surface area (Å²) in [5.41, 5.74) is 1.80. The van der Waals surface area contributed by atoms with Crippen LogP contribution >= 0.6 is 0 Å². The van der Waals surface area contributed by atoms with Crippen molar-refractivity contribution in [3.8, 4) is 5.75 Å². The molecule has 0 saturated carbocycles. The second-order valence-electron chi connectivity index (χ2n) is 8.11. The predicted molar refractivity (Wildman–Crippen MR) is 121 cm³/mol. The lowest BCUT2D eigenvalue weighted by molar-refractivity contribution is -0.139. The Labute approximate surface area is 187 Å². The van der Waals surface area contributed by atoms with E-state index < -0.39 is 23.5 Å². The average Bonchev–Trinajstić information content (AvgIpc) is 3.00. The summed E-state index contributed by atoms with van der Waals surface area (Å²) < 4.78 is 19.1. The number of aliphatic hydroxyl groups excluding tert-OH is 1. The van der Waals surface area contributed by atoms with E-state index in [0.717, 1.165) is 12.1 Å². The van der Waals surface area contributed by atoms with Gasteiger partial charge in [0.25, 0.3) is 11.7 Å². The van der Waals surface area contributed by atoms with Crippen molar-refractivity contribution in [1.82, 2.24) is 9.80 Å². The molecule has 1 aliphatic heterocycles. The smallest absolute Gasteiger partial charge is 0.295 e. The lowest BCUT2D eigenvalue weighted by atomic mass is 9.94. The molecule has 6 nitrogen and oxygen atoms in total. The molecule has 7 heteroatoms. The molecule has 3 rings (SSSR count). The van der Waals surface area contributed by atoms with E-state index in [1.165, 1.54) is 17.0 Å². The van der Waals surface area contributed by atoms with Crippen LogP contribution in [0, 0.1) is 12.7 Å². The Bertz CT molecular complexity index is 1030. The van der Waals surface area contributed by atoms with Gasteiger partial charge in [0.1, 0.15) is 17.3 Å². The van der Waals surface area contributed by atoms with Crippen molar-refractivity contribution in [2.24, 2.45) is 0 Å². The number of carbonyl (C=O) groups is 2. The number of hydrogen-bond donors (Lipinski definition) is 1. The summed E-state index contributed by atoms with van der Waals surface area (Å²) in [6.07, 6.45) is 0.653. The molecule has 0 radical (unpaired) electrons. The summed E-state index contributed by atoms with van der Waals surface area (Å²) in [4.78, 5) is 29.4. The Hall–Kier alpha value is -3.19. The maximum Gasteiger partial charge on any atom is 0.295 e. The van der Waals surface area contributed by atoms with E-state index in [2.05, 4.69) is 0 Å². The molecule has 1 saturated heterocycles. The minimum absolute atomic E-state index is 0.00928. The van der Waals surface area contributed by atoms with Crippen LogP contribution in [-0.4, -0.2) is 60.4 Å². The number of Topliss-reactive ketones (excluding diaryl/α,β-unsaturated/α-hetero) is 1. The molecule has 1 unspecified atom stereocenters. The van der Waals surface area contributed by atoms with E-state index in [9.17, 15) is 19.1 Å². The highest BCUT2D eigenvalue weighted by Gasteiger charge is 2.45. The van der Waals surface area contributed by atoms with Gasteiger partial charge in [-0.15, -0.1) is 0 Å². The molecule has 170 valence electrons. The van der Waals surface area contributed by atoms with E-state index >= 15 is 0 Å². The van der Waals surface area contributed by atoms with Crippen LogP contribution < -0.4 is 4.74 Å². The zero-order valence-electron chi connectivity index (χ0n) is 18.9. The zero-order chi connectivity index (χ0) is 23.4. The number of amides is 1. The van der Waals surface area contributed by atoms with Gasteiger partial charge in [0.15, 0.2) is 0 Å². The number of hydrogen-bond acceptors (Lipinski definition) is 5. The highest BCUT2D eigenvalue weighted by molar-refractivity contribution is 6.46. The van der Waals surface area contributed by atoms with Gasteiger partial charge in [0, 0.05) is 12.1 Å². The Kier molecular flexibility index (Phi) is 7.30. The third-order valence-electron chi connectivity index (χ3n) is 5.48. The lowest BCUT2D eigenvalue weighted by Gasteiger charge is -2.26. The molecular formula is C25H29FN2O4. The number of likely N-dealkylation sites (tertiary alicyclic amines) is 1. The number of carbonyl (C=O) groups excluding carboxylic acids is 2. The first-order chi connectivity index (χ1) is 15.2. The molecule has 1 fully saturated rings. The summed E-state index contributed by atoms with van der Waals surface area (Å²) in [6, 6.07) is 9.99. The fourth-order valence-corrected chi connectivity index (χ4v) is 3.93. The minimum Gasteiger partial charge on any atom is -0.507 e. The second kappa shape index (κ2) is 9.96. The van der Waals surface area contributed by atoms with E-state index in [0.29, 0.717) is 36.4 Å². The van der Waals surface area contributed by atoms with Gasteiger partial charge in [-0.05, 0) is 82.4 Å². The summed E-state index contributed by atoms with van der Waals surface area (Å²) in [6.45, 7) is 5.31. The van der Waals surface area contributed by atoms with Crippen molar-refractivity contribution in [3.05, 3.63) is 70.5 Å². The highest BCUT2D eigenvalue weighted by atomic mass is 19.1. The van der Waals surface area contributed by atoms with Crippen LogP contribution in [0.5, 0.6) is 5.75 Å². The molecule has 2 aromatic carbocycles. The average molecular weight is 441 g/mol. The van der Waals surface area contributed by atoms with Crippen LogP contribution in [0.15, 0.2) is 48.0 Å². The number of ether oxygens (including phenoxy) is 1. The number of aliphatic hydroxyl groups is 1. The Morgan fingerprint density at radius 2 is 1.84 bits per heavy atom. The highest BCUT2D eigenvalue weighted by Crippen LogP contribution is 2.40. The first-order valence-electron chi connectivity index (χ1n) is 10.7. The van der Waals surface area contributed by atoms with Crippen LogP contribution in [0.2, 0.25) is 0 Å². The minimum atomic E-state index is -0.787. The largest absolute Gasteiger partial charge is 0.507 e. The van der Waals surface area contributed by atoms with Crippen molar-refractivity contribution >= 4 is 17.4 Å². The molecule has 0 aliphatic carbocycles. The summed E-state index contributed by atoms with van der Waals surface area (Å²) in [7, 11) is 3.86. The van der Waals surface area contributed by atoms with E-state index in [4.69, 9.17) is 4.74 Å². The first kappa shape index (κ1) is 23.5. The predicted octanol–water partition coefficient (Wildman–Crippen LogP) is 3.91. The van der Waals surface area contributed by atoms with Gasteiger partial charge in [-0.3, -0.25) is 9.59 Å². The number of rotatable bonds is 8. The van der Waals surface area contributed by atoms with E-state index in [-0.39, 0.29) is 11.3 Å². The van der Waals surface area contributed by atoms with Gasteiger partial charge >= 0.3 is 0 Å². The van der Waals surface area contributed by atoms with Crippen LogP contribution in [-0.2, 0) is 9.59 Å². The summed E-state index contributed by atoms with van der Waals surface area (Å²) in [5.74, 6) is -1.39.